The van der Waals surface area contributed by atoms with Gasteiger partial charge in [-0.2, -0.15) is 10.5 Å². The Labute approximate surface area is 291 Å². The smallest absolute Gasteiger partial charge is 0.102 e. The van der Waals surface area contributed by atoms with E-state index in [1.807, 2.05) is 36.4 Å². The van der Waals surface area contributed by atoms with Crippen molar-refractivity contribution in [2.45, 2.75) is 91.5 Å². The molecule has 5 aromatic rings. The third kappa shape index (κ3) is 8.06. The molecule has 0 heterocycles. The molecule has 46 heavy (non-hydrogen) atoms. The van der Waals surface area contributed by atoms with Crippen molar-refractivity contribution in [3.8, 4) is 12.1 Å². The Hall–Kier alpha value is -3.52. The average Bonchev–Trinajstić information content (AvgIpc) is 3.04. The lowest BCUT2D eigenvalue weighted by Crippen LogP contribution is -2.10. The van der Waals surface area contributed by atoms with Crippen LogP contribution < -0.4 is 0 Å². The monoisotopic (exact) mass is 672 g/mol. The van der Waals surface area contributed by atoms with E-state index in [2.05, 4.69) is 126 Å². The first-order valence-electron chi connectivity index (χ1n) is 15.0. The van der Waals surface area contributed by atoms with Crippen LogP contribution in [0.5, 0.6) is 0 Å². The molecule has 0 radical (unpaired) electrons. The molecule has 0 N–H and O–H groups in total. The van der Waals surface area contributed by atoms with E-state index in [0.717, 1.165) is 39.2 Å². The van der Waals surface area contributed by atoms with Crippen LogP contribution >= 0.6 is 47.0 Å². The van der Waals surface area contributed by atoms with Gasteiger partial charge in [0.2, 0.25) is 0 Å². The van der Waals surface area contributed by atoms with Gasteiger partial charge in [0.15, 0.2) is 0 Å². The van der Waals surface area contributed by atoms with Crippen molar-refractivity contribution in [2.75, 3.05) is 0 Å². The summed E-state index contributed by atoms with van der Waals surface area (Å²) in [4.78, 5) is 7.77. The van der Waals surface area contributed by atoms with E-state index >= 15 is 0 Å². The van der Waals surface area contributed by atoms with Crippen molar-refractivity contribution in [3.05, 3.63) is 131 Å². The summed E-state index contributed by atoms with van der Waals surface area (Å²) in [7, 11) is 0. The minimum Gasteiger partial charge on any atom is -0.192 e. The molecule has 0 atom stereocenters. The van der Waals surface area contributed by atoms with Crippen LogP contribution in [0.2, 0.25) is 0 Å². The predicted octanol–water partition coefficient (Wildman–Crippen LogP) is 12.6. The quantitative estimate of drug-likeness (QED) is 0.163. The predicted molar refractivity (Wildman–Crippen MR) is 196 cm³/mol. The highest BCUT2D eigenvalue weighted by Gasteiger charge is 2.28. The van der Waals surface area contributed by atoms with Crippen molar-refractivity contribution in [1.82, 2.24) is 0 Å². The molecule has 5 aromatic carbocycles. The Balaban J connectivity index is 1.77. The number of benzene rings is 5. The molecule has 0 aromatic heterocycles. The summed E-state index contributed by atoms with van der Waals surface area (Å²) in [6, 6.07) is 42.6. The zero-order valence-electron chi connectivity index (χ0n) is 26.9. The summed E-state index contributed by atoms with van der Waals surface area (Å²) in [5.74, 6) is 0. The Morgan fingerprint density at radius 3 is 0.957 bits per heavy atom. The lowest BCUT2D eigenvalue weighted by molar-refractivity contribution is 0.589. The maximum atomic E-state index is 10.7. The van der Waals surface area contributed by atoms with E-state index in [1.54, 1.807) is 47.0 Å². The van der Waals surface area contributed by atoms with Crippen LogP contribution in [0.1, 0.15) is 63.8 Å². The molecule has 0 bridgehead atoms. The van der Waals surface area contributed by atoms with Gasteiger partial charge in [-0.25, -0.2) is 0 Å². The number of nitrogens with zero attached hydrogens (tertiary/aromatic N) is 2. The van der Waals surface area contributed by atoms with Gasteiger partial charge in [-0.3, -0.25) is 0 Å². The minimum absolute atomic E-state index is 0.0413. The number of rotatable bonds is 8. The van der Waals surface area contributed by atoms with Crippen molar-refractivity contribution >= 4 is 47.0 Å². The summed E-state index contributed by atoms with van der Waals surface area (Å²) in [6.45, 7) is 13.3. The zero-order valence-corrected chi connectivity index (χ0v) is 30.2. The Morgan fingerprint density at radius 2 is 0.674 bits per heavy atom. The summed E-state index contributed by atoms with van der Waals surface area (Å²) >= 11 is 6.43. The molecule has 0 spiro atoms. The van der Waals surface area contributed by atoms with Crippen molar-refractivity contribution in [3.63, 3.8) is 0 Å². The molecular formula is C40H36N2S4. The highest BCUT2D eigenvalue weighted by molar-refractivity contribution is 8.05. The normalized spacial score (nSPS) is 11.6. The first kappa shape index (κ1) is 33.8. The molecule has 5 rings (SSSR count). The largest absolute Gasteiger partial charge is 0.192 e. The van der Waals surface area contributed by atoms with Crippen molar-refractivity contribution < 1.29 is 0 Å². The standard InChI is InChI=1S/C40H36N2S4/c1-39(2,3)27-17-21-31(22-18-27)45-37-35(43-29-13-9-7-10-14-29)33(25-41)34(26-42)36(44-30-15-11-8-12-16-30)38(37)46-32-23-19-28(20-24-32)40(4,5)6/h7-24H,1-6H3. The van der Waals surface area contributed by atoms with Gasteiger partial charge in [-0.1, -0.05) is 149 Å². The maximum absolute atomic E-state index is 10.7. The Bertz CT molecular complexity index is 1750. The molecule has 0 saturated carbocycles. The van der Waals surface area contributed by atoms with Gasteiger partial charge in [0.25, 0.3) is 0 Å². The van der Waals surface area contributed by atoms with Gasteiger partial charge in [0, 0.05) is 39.2 Å². The van der Waals surface area contributed by atoms with Crippen molar-refractivity contribution in [2.24, 2.45) is 0 Å². The molecule has 230 valence electrons. The molecule has 0 saturated heterocycles. The minimum atomic E-state index is 0.0413. The molecule has 2 nitrogen and oxygen atoms in total. The SMILES string of the molecule is CC(C)(C)c1ccc(Sc2c(Sc3ccccc3)c(C#N)c(C#N)c(Sc3ccccc3)c2Sc2ccc(C(C)(C)C)cc2)cc1. The lowest BCUT2D eigenvalue weighted by Gasteiger charge is -2.22. The fraction of sp³-hybridized carbons (Fsp3) is 0.200. The van der Waals surface area contributed by atoms with Gasteiger partial charge in [0.1, 0.15) is 12.1 Å². The molecule has 0 amide bonds. The number of nitriles is 2. The zero-order chi connectivity index (χ0) is 32.9. The molecule has 0 fully saturated rings. The van der Waals surface area contributed by atoms with E-state index in [1.165, 1.54) is 11.1 Å². The van der Waals surface area contributed by atoms with Crippen LogP contribution in [-0.2, 0) is 10.8 Å². The van der Waals surface area contributed by atoms with Crippen LogP contribution in [0, 0.1) is 22.7 Å². The molecular weight excluding hydrogens is 637 g/mol. The van der Waals surface area contributed by atoms with Crippen LogP contribution in [0.15, 0.2) is 148 Å². The topological polar surface area (TPSA) is 47.6 Å². The fourth-order valence-corrected chi connectivity index (χ4v) is 9.37. The first-order valence-corrected chi connectivity index (χ1v) is 18.3. The van der Waals surface area contributed by atoms with E-state index < -0.39 is 0 Å². The second-order valence-electron chi connectivity index (χ2n) is 12.9. The van der Waals surface area contributed by atoms with Gasteiger partial charge in [-0.05, 0) is 70.5 Å². The van der Waals surface area contributed by atoms with Gasteiger partial charge in [-0.15, -0.1) is 0 Å². The maximum Gasteiger partial charge on any atom is 0.102 e. The summed E-state index contributed by atoms with van der Waals surface area (Å²) in [6.07, 6.45) is 0. The molecule has 0 aliphatic carbocycles. The highest BCUT2D eigenvalue weighted by atomic mass is 32.2. The summed E-state index contributed by atoms with van der Waals surface area (Å²) < 4.78 is 0. The van der Waals surface area contributed by atoms with E-state index in [9.17, 15) is 10.5 Å². The fourth-order valence-electron chi connectivity index (χ4n) is 4.75. The molecule has 0 unspecified atom stereocenters. The molecule has 0 aliphatic heterocycles. The average molecular weight is 673 g/mol. The van der Waals surface area contributed by atoms with Crippen LogP contribution in [-0.4, -0.2) is 0 Å². The third-order valence-electron chi connectivity index (χ3n) is 7.35. The van der Waals surface area contributed by atoms with Crippen molar-refractivity contribution in [1.29, 1.82) is 10.5 Å². The summed E-state index contributed by atoms with van der Waals surface area (Å²) in [5.41, 5.74) is 3.44. The van der Waals surface area contributed by atoms with Crippen LogP contribution in [0.3, 0.4) is 0 Å². The molecule has 6 heteroatoms. The number of hydrogen-bond acceptors (Lipinski definition) is 6. The second-order valence-corrected chi connectivity index (χ2v) is 17.2. The van der Waals surface area contributed by atoms with Gasteiger partial charge >= 0.3 is 0 Å². The van der Waals surface area contributed by atoms with Crippen LogP contribution in [0.4, 0.5) is 0 Å². The highest BCUT2D eigenvalue weighted by Crippen LogP contribution is 2.53. The molecule has 0 aliphatic rings. The number of hydrogen-bond donors (Lipinski definition) is 0. The van der Waals surface area contributed by atoms with E-state index in [0.29, 0.717) is 11.1 Å². The summed E-state index contributed by atoms with van der Waals surface area (Å²) in [5, 5.41) is 21.3. The lowest BCUT2D eigenvalue weighted by atomic mass is 9.87. The van der Waals surface area contributed by atoms with Crippen LogP contribution in [0.25, 0.3) is 0 Å². The van der Waals surface area contributed by atoms with Gasteiger partial charge in [0.05, 0.1) is 11.1 Å². The first-order chi connectivity index (χ1) is 22.0. The Kier molecular flexibility index (Phi) is 10.7. The second kappa shape index (κ2) is 14.5. The Morgan fingerprint density at radius 1 is 0.391 bits per heavy atom. The van der Waals surface area contributed by atoms with E-state index in [-0.39, 0.29) is 10.8 Å². The van der Waals surface area contributed by atoms with E-state index in [4.69, 9.17) is 0 Å². The third-order valence-corrected chi connectivity index (χ3v) is 12.2. The van der Waals surface area contributed by atoms with Gasteiger partial charge < -0.3 is 0 Å².